The highest BCUT2D eigenvalue weighted by Gasteiger charge is 2.12. The van der Waals surface area contributed by atoms with Crippen molar-refractivity contribution in [3.05, 3.63) is 29.8 Å². The molecule has 0 aliphatic heterocycles. The molecule has 0 aliphatic carbocycles. The lowest BCUT2D eigenvalue weighted by molar-refractivity contribution is 0.0952. The van der Waals surface area contributed by atoms with Crippen molar-refractivity contribution in [1.29, 1.82) is 0 Å². The van der Waals surface area contributed by atoms with Crippen LogP contribution in [0.3, 0.4) is 0 Å². The van der Waals surface area contributed by atoms with Gasteiger partial charge < -0.3 is 10.1 Å². The van der Waals surface area contributed by atoms with Gasteiger partial charge in [-0.05, 0) is 36.6 Å². The van der Waals surface area contributed by atoms with Crippen molar-refractivity contribution in [2.75, 3.05) is 13.2 Å². The number of amides is 1. The number of carbonyl (C=O) groups excluding carboxylic acids is 1. The van der Waals surface area contributed by atoms with Gasteiger partial charge in [0.2, 0.25) is 0 Å². The molecule has 0 spiro atoms. The molecule has 1 atom stereocenters. The molecule has 1 aromatic rings. The van der Waals surface area contributed by atoms with E-state index < -0.39 is 0 Å². The second-order valence-electron chi connectivity index (χ2n) is 5.20. The van der Waals surface area contributed by atoms with Crippen molar-refractivity contribution >= 4 is 17.5 Å². The van der Waals surface area contributed by atoms with Crippen LogP contribution >= 0.6 is 11.6 Å². The van der Waals surface area contributed by atoms with Crippen molar-refractivity contribution in [1.82, 2.24) is 5.32 Å². The molecule has 0 bridgehead atoms. The summed E-state index contributed by atoms with van der Waals surface area (Å²) in [6.07, 6.45) is 2.14. The number of nitrogens with one attached hydrogen (secondary N) is 1. The molecule has 1 amide bonds. The average Bonchev–Trinajstić information content (AvgIpc) is 2.45. The van der Waals surface area contributed by atoms with E-state index in [1.165, 1.54) is 0 Å². The first-order valence-electron chi connectivity index (χ1n) is 7.19. The lowest BCUT2D eigenvalue weighted by atomic mass is 10.1. The van der Waals surface area contributed by atoms with E-state index in [0.717, 1.165) is 18.6 Å². The van der Waals surface area contributed by atoms with E-state index in [2.05, 4.69) is 12.2 Å². The normalized spacial score (nSPS) is 12.2. The minimum Gasteiger partial charge on any atom is -0.494 e. The number of benzene rings is 1. The number of rotatable bonds is 8. The van der Waals surface area contributed by atoms with Crippen LogP contribution in [0.2, 0.25) is 0 Å². The number of halogens is 1. The van der Waals surface area contributed by atoms with Crippen molar-refractivity contribution < 1.29 is 9.53 Å². The zero-order valence-corrected chi connectivity index (χ0v) is 13.2. The summed E-state index contributed by atoms with van der Waals surface area (Å²) in [7, 11) is 0. The Morgan fingerprint density at radius 3 is 2.50 bits per heavy atom. The van der Waals surface area contributed by atoms with Gasteiger partial charge in [0, 0.05) is 12.1 Å². The van der Waals surface area contributed by atoms with Crippen LogP contribution in [0.5, 0.6) is 5.75 Å². The first-order valence-corrected chi connectivity index (χ1v) is 7.63. The Bertz CT molecular complexity index is 403. The number of hydrogen-bond acceptors (Lipinski definition) is 2. The fraction of sp³-hybridized carbons (Fsp3) is 0.562. The number of hydrogen-bond donors (Lipinski definition) is 1. The van der Waals surface area contributed by atoms with Crippen molar-refractivity contribution in [3.63, 3.8) is 0 Å². The zero-order chi connectivity index (χ0) is 15.0. The molecule has 0 fully saturated rings. The van der Waals surface area contributed by atoms with Gasteiger partial charge in [-0.1, -0.05) is 27.2 Å². The first kappa shape index (κ1) is 16.8. The molecule has 1 rings (SSSR count). The molecule has 112 valence electrons. The number of unbranched alkanes of at least 4 members (excludes halogenated alkanes) is 1. The maximum Gasteiger partial charge on any atom is 0.251 e. The zero-order valence-electron chi connectivity index (χ0n) is 12.5. The predicted octanol–water partition coefficient (Wildman–Crippen LogP) is 3.86. The second kappa shape index (κ2) is 8.85. The highest BCUT2D eigenvalue weighted by Crippen LogP contribution is 2.13. The molecule has 0 saturated carbocycles. The molecule has 1 unspecified atom stereocenters. The summed E-state index contributed by atoms with van der Waals surface area (Å²) in [5.41, 5.74) is 0.625. The van der Waals surface area contributed by atoms with E-state index in [1.54, 1.807) is 12.1 Å². The standard InChI is InChI=1S/C16H24ClNO2/c1-4-5-10-20-14-8-6-13(7-9-14)16(19)18-11-15(17)12(2)3/h6-9,12,15H,4-5,10-11H2,1-3H3,(H,18,19). The maximum atomic E-state index is 11.9. The highest BCUT2D eigenvalue weighted by atomic mass is 35.5. The van der Waals surface area contributed by atoms with E-state index in [0.29, 0.717) is 24.6 Å². The Balaban J connectivity index is 2.45. The van der Waals surface area contributed by atoms with E-state index in [4.69, 9.17) is 16.3 Å². The van der Waals surface area contributed by atoms with Gasteiger partial charge in [0.05, 0.1) is 12.0 Å². The molecular formula is C16H24ClNO2. The SMILES string of the molecule is CCCCOc1ccc(C(=O)NCC(Cl)C(C)C)cc1. The van der Waals surface area contributed by atoms with E-state index in [-0.39, 0.29) is 11.3 Å². The number of alkyl halides is 1. The van der Waals surface area contributed by atoms with Crippen LogP contribution in [0.15, 0.2) is 24.3 Å². The lowest BCUT2D eigenvalue weighted by Gasteiger charge is -2.14. The predicted molar refractivity (Wildman–Crippen MR) is 83.7 cm³/mol. The minimum atomic E-state index is -0.101. The molecule has 0 radical (unpaired) electrons. The van der Waals surface area contributed by atoms with Crippen molar-refractivity contribution in [2.45, 2.75) is 39.0 Å². The summed E-state index contributed by atoms with van der Waals surface area (Å²) in [4.78, 5) is 11.9. The third-order valence-corrected chi connectivity index (χ3v) is 3.72. The Kier molecular flexibility index (Phi) is 7.45. The Labute approximate surface area is 126 Å². The van der Waals surface area contributed by atoms with Crippen LogP contribution in [0.4, 0.5) is 0 Å². The Hall–Kier alpha value is -1.22. The summed E-state index contributed by atoms with van der Waals surface area (Å²) in [6.45, 7) is 7.38. The number of carbonyl (C=O) groups is 1. The third kappa shape index (κ3) is 5.83. The largest absolute Gasteiger partial charge is 0.494 e. The molecule has 0 saturated heterocycles. The molecular weight excluding hydrogens is 274 g/mol. The van der Waals surface area contributed by atoms with E-state index >= 15 is 0 Å². The van der Waals surface area contributed by atoms with Crippen molar-refractivity contribution in [3.8, 4) is 5.75 Å². The summed E-state index contributed by atoms with van der Waals surface area (Å²) in [5, 5.41) is 2.79. The first-order chi connectivity index (χ1) is 9.54. The average molecular weight is 298 g/mol. The van der Waals surface area contributed by atoms with E-state index in [9.17, 15) is 4.79 Å². The highest BCUT2D eigenvalue weighted by molar-refractivity contribution is 6.21. The Morgan fingerprint density at radius 1 is 1.30 bits per heavy atom. The van der Waals surface area contributed by atoms with Crippen LogP contribution in [0.1, 0.15) is 44.0 Å². The second-order valence-corrected chi connectivity index (χ2v) is 5.76. The smallest absolute Gasteiger partial charge is 0.251 e. The van der Waals surface area contributed by atoms with Gasteiger partial charge >= 0.3 is 0 Å². The molecule has 4 heteroatoms. The topological polar surface area (TPSA) is 38.3 Å². The molecule has 20 heavy (non-hydrogen) atoms. The lowest BCUT2D eigenvalue weighted by Crippen LogP contribution is -2.31. The van der Waals surface area contributed by atoms with Gasteiger partial charge in [0.15, 0.2) is 0 Å². The summed E-state index contributed by atoms with van der Waals surface area (Å²) < 4.78 is 5.56. The number of ether oxygens (including phenoxy) is 1. The third-order valence-electron chi connectivity index (χ3n) is 3.06. The Morgan fingerprint density at radius 2 is 1.95 bits per heavy atom. The van der Waals surface area contributed by atoms with Gasteiger partial charge in [-0.15, -0.1) is 11.6 Å². The molecule has 0 aliphatic rings. The van der Waals surface area contributed by atoms with Crippen LogP contribution in [-0.2, 0) is 0 Å². The monoisotopic (exact) mass is 297 g/mol. The minimum absolute atomic E-state index is 0.0457. The van der Waals surface area contributed by atoms with Gasteiger partial charge in [0.25, 0.3) is 5.91 Å². The molecule has 3 nitrogen and oxygen atoms in total. The summed E-state index contributed by atoms with van der Waals surface area (Å²) in [5.74, 6) is 1.04. The van der Waals surface area contributed by atoms with Crippen molar-refractivity contribution in [2.24, 2.45) is 5.92 Å². The molecule has 0 aromatic heterocycles. The summed E-state index contributed by atoms with van der Waals surface area (Å²) >= 11 is 6.11. The van der Waals surface area contributed by atoms with Crippen LogP contribution in [-0.4, -0.2) is 24.4 Å². The quantitative estimate of drug-likeness (QED) is 0.584. The molecule has 0 heterocycles. The fourth-order valence-corrected chi connectivity index (χ4v) is 1.64. The maximum absolute atomic E-state index is 11.9. The summed E-state index contributed by atoms with van der Waals surface area (Å²) in [6, 6.07) is 7.20. The molecule has 1 N–H and O–H groups in total. The van der Waals surface area contributed by atoms with Crippen LogP contribution in [0.25, 0.3) is 0 Å². The van der Waals surface area contributed by atoms with E-state index in [1.807, 2.05) is 26.0 Å². The van der Waals surface area contributed by atoms with Gasteiger partial charge in [0.1, 0.15) is 5.75 Å². The van der Waals surface area contributed by atoms with Gasteiger partial charge in [-0.25, -0.2) is 0 Å². The van der Waals surface area contributed by atoms with Crippen LogP contribution < -0.4 is 10.1 Å². The molecule has 1 aromatic carbocycles. The fourth-order valence-electron chi connectivity index (χ4n) is 1.56. The van der Waals surface area contributed by atoms with Crippen LogP contribution in [0, 0.1) is 5.92 Å². The van der Waals surface area contributed by atoms with Gasteiger partial charge in [-0.3, -0.25) is 4.79 Å². The van der Waals surface area contributed by atoms with Gasteiger partial charge in [-0.2, -0.15) is 0 Å².